The SMILES string of the molecule is C=C(OP(=O)([O-])[O-])C(=O)[O-].[Na+].[Na+]. The topological polar surface area (TPSA) is 113 Å². The Kier molecular flexibility index (Phi) is 11.9. The Bertz CT molecular complexity index is 209. The van der Waals surface area contributed by atoms with Crippen LogP contribution in [0.25, 0.3) is 0 Å². The largest absolute Gasteiger partial charge is 1.00 e. The van der Waals surface area contributed by atoms with Crippen molar-refractivity contribution in [2.45, 2.75) is 0 Å². The van der Waals surface area contributed by atoms with Crippen LogP contribution >= 0.6 is 7.82 Å². The van der Waals surface area contributed by atoms with E-state index < -0.39 is 19.6 Å². The van der Waals surface area contributed by atoms with E-state index in [1.165, 1.54) is 0 Å². The fraction of sp³-hybridized carbons (Fsp3) is 0. The van der Waals surface area contributed by atoms with E-state index in [1.54, 1.807) is 0 Å². The maximum Gasteiger partial charge on any atom is 1.00 e. The molecule has 0 atom stereocenters. The van der Waals surface area contributed by atoms with Gasteiger partial charge in [-0.2, -0.15) is 0 Å². The molecular weight excluding hydrogens is 209 g/mol. The van der Waals surface area contributed by atoms with Crippen molar-refractivity contribution < 1.29 is 87.9 Å². The van der Waals surface area contributed by atoms with E-state index in [1.807, 2.05) is 0 Å². The van der Waals surface area contributed by atoms with Gasteiger partial charge in [-0.05, 0) is 0 Å². The smallest absolute Gasteiger partial charge is 0.780 e. The zero-order valence-electron chi connectivity index (χ0n) is 6.60. The normalized spacial score (nSPS) is 8.83. The summed E-state index contributed by atoms with van der Waals surface area (Å²) >= 11 is 0. The van der Waals surface area contributed by atoms with Gasteiger partial charge in [0.15, 0.2) is 0 Å². The van der Waals surface area contributed by atoms with E-state index in [9.17, 15) is 24.3 Å². The van der Waals surface area contributed by atoms with Crippen molar-refractivity contribution in [1.29, 1.82) is 0 Å². The van der Waals surface area contributed by atoms with Crippen LogP contribution < -0.4 is 74.0 Å². The Balaban J connectivity index is -0.000000405. The molecule has 0 aromatic rings. The van der Waals surface area contributed by atoms with Gasteiger partial charge in [-0.15, -0.1) is 0 Å². The van der Waals surface area contributed by atoms with Crippen LogP contribution in [0.4, 0.5) is 0 Å². The van der Waals surface area contributed by atoms with Gasteiger partial charge >= 0.3 is 59.1 Å². The van der Waals surface area contributed by atoms with Gasteiger partial charge in [0.25, 0.3) is 0 Å². The maximum atomic E-state index is 9.64. The van der Waals surface area contributed by atoms with E-state index in [-0.39, 0.29) is 59.1 Å². The standard InChI is InChI=1S/C3H5O6P.2Na/c1-2(3(4)5)9-10(6,7)8;;/h1H2,(H,4,5)(H2,6,7,8);;/q;2*+1/p-3. The number of carbonyl (C=O) groups excluding carboxylic acids is 1. The molecule has 0 aliphatic heterocycles. The van der Waals surface area contributed by atoms with Crippen LogP contribution in [-0.2, 0) is 13.9 Å². The number of carboxylic acid groups (broad SMARTS) is 1. The van der Waals surface area contributed by atoms with Gasteiger partial charge in [0.1, 0.15) is 19.6 Å². The molecule has 0 bridgehead atoms. The summed E-state index contributed by atoms with van der Waals surface area (Å²) in [7, 11) is -5.30. The Hall–Kier alpha value is 1.16. The van der Waals surface area contributed by atoms with E-state index in [0.717, 1.165) is 0 Å². The predicted octanol–water partition coefficient (Wildman–Crippen LogP) is -8.90. The summed E-state index contributed by atoms with van der Waals surface area (Å²) in [6, 6.07) is 0. The van der Waals surface area contributed by atoms with E-state index >= 15 is 0 Å². The van der Waals surface area contributed by atoms with Crippen molar-refractivity contribution in [2.24, 2.45) is 0 Å². The first-order valence-corrected chi connectivity index (χ1v) is 3.41. The van der Waals surface area contributed by atoms with Crippen molar-refractivity contribution in [1.82, 2.24) is 0 Å². The van der Waals surface area contributed by atoms with Crippen molar-refractivity contribution in [3.63, 3.8) is 0 Å². The number of hydrogen-bond acceptors (Lipinski definition) is 6. The van der Waals surface area contributed by atoms with Crippen molar-refractivity contribution in [2.75, 3.05) is 0 Å². The van der Waals surface area contributed by atoms with Gasteiger partial charge < -0.3 is 28.8 Å². The average Bonchev–Trinajstić information content (AvgIpc) is 1.60. The van der Waals surface area contributed by atoms with Crippen LogP contribution in [0.15, 0.2) is 12.3 Å². The number of phosphoric acid groups is 1. The first-order valence-electron chi connectivity index (χ1n) is 1.95. The minimum Gasteiger partial charge on any atom is -0.780 e. The van der Waals surface area contributed by atoms with Crippen LogP contribution in [0.5, 0.6) is 0 Å². The number of hydrogen-bond donors (Lipinski definition) is 0. The Labute approximate surface area is 113 Å². The summed E-state index contributed by atoms with van der Waals surface area (Å²) in [6.07, 6.45) is 0. The van der Waals surface area contributed by atoms with Crippen molar-refractivity contribution >= 4 is 13.8 Å². The van der Waals surface area contributed by atoms with Crippen LogP contribution in [0.3, 0.4) is 0 Å². The quantitative estimate of drug-likeness (QED) is 0.198. The fourth-order valence-corrected chi connectivity index (χ4v) is 0.517. The maximum absolute atomic E-state index is 9.64. The number of rotatable bonds is 3. The molecular formula is C3H2Na2O6P-. The summed E-state index contributed by atoms with van der Waals surface area (Å²) in [5, 5.41) is 9.64. The second-order valence-corrected chi connectivity index (χ2v) is 2.33. The third-order valence-electron chi connectivity index (χ3n) is 0.450. The van der Waals surface area contributed by atoms with Crippen LogP contribution in [0, 0.1) is 0 Å². The minimum atomic E-state index is -5.30. The molecule has 0 N–H and O–H groups in total. The molecule has 6 nitrogen and oxygen atoms in total. The van der Waals surface area contributed by atoms with Crippen LogP contribution in [0.2, 0.25) is 0 Å². The molecule has 12 heavy (non-hydrogen) atoms. The minimum absolute atomic E-state index is 0. The molecule has 0 aliphatic rings. The molecule has 0 saturated carbocycles. The summed E-state index contributed by atoms with van der Waals surface area (Å²) in [6.45, 7) is 2.58. The molecule has 0 aromatic carbocycles. The molecule has 0 saturated heterocycles. The van der Waals surface area contributed by atoms with Crippen molar-refractivity contribution in [3.8, 4) is 0 Å². The molecule has 0 heterocycles. The third-order valence-corrected chi connectivity index (χ3v) is 0.894. The number of aliphatic carboxylic acids is 1. The number of phosphoric ester groups is 1. The van der Waals surface area contributed by atoms with Crippen molar-refractivity contribution in [3.05, 3.63) is 12.3 Å². The summed E-state index contributed by atoms with van der Waals surface area (Å²) in [5.74, 6) is -3.15. The van der Waals surface area contributed by atoms with Gasteiger partial charge in [-0.1, -0.05) is 6.58 Å². The van der Waals surface area contributed by atoms with Gasteiger partial charge in [0.05, 0.1) is 0 Å². The molecule has 0 radical (unpaired) electrons. The molecule has 0 aliphatic carbocycles. The van der Waals surface area contributed by atoms with Crippen LogP contribution in [0.1, 0.15) is 0 Å². The van der Waals surface area contributed by atoms with Gasteiger partial charge in [-0.25, -0.2) is 0 Å². The Morgan fingerprint density at radius 3 is 1.75 bits per heavy atom. The van der Waals surface area contributed by atoms with Gasteiger partial charge in [0, 0.05) is 0 Å². The predicted molar refractivity (Wildman–Crippen MR) is 22.8 cm³/mol. The zero-order valence-corrected chi connectivity index (χ0v) is 11.5. The molecule has 9 heteroatoms. The van der Waals surface area contributed by atoms with E-state index in [0.29, 0.717) is 0 Å². The molecule has 0 unspecified atom stereocenters. The summed E-state index contributed by atoms with van der Waals surface area (Å²) in [4.78, 5) is 28.9. The molecule has 0 amide bonds. The van der Waals surface area contributed by atoms with Gasteiger partial charge in [0.2, 0.25) is 0 Å². The molecule has 0 rings (SSSR count). The summed E-state index contributed by atoms with van der Waals surface area (Å²) < 4.78 is 12.9. The number of carbonyl (C=O) groups is 1. The summed E-state index contributed by atoms with van der Waals surface area (Å²) in [5.41, 5.74) is 0. The Morgan fingerprint density at radius 2 is 1.67 bits per heavy atom. The molecule has 0 spiro atoms. The van der Waals surface area contributed by atoms with E-state index in [4.69, 9.17) is 0 Å². The second kappa shape index (κ2) is 7.55. The second-order valence-electron chi connectivity index (χ2n) is 1.25. The molecule has 58 valence electrons. The van der Waals surface area contributed by atoms with Gasteiger partial charge in [-0.3, -0.25) is 0 Å². The third kappa shape index (κ3) is 11.2. The van der Waals surface area contributed by atoms with Crippen LogP contribution in [-0.4, -0.2) is 5.97 Å². The molecule has 0 aromatic heterocycles. The number of carboxylic acids is 1. The first-order chi connectivity index (χ1) is 4.33. The molecule has 0 fully saturated rings. The monoisotopic (exact) mass is 211 g/mol. The first kappa shape index (κ1) is 18.9. The van der Waals surface area contributed by atoms with E-state index in [2.05, 4.69) is 11.1 Å². The fourth-order valence-electron chi connectivity index (χ4n) is 0.172. The zero-order chi connectivity index (χ0) is 8.36. The Morgan fingerprint density at radius 1 is 1.33 bits per heavy atom. The average molecular weight is 211 g/mol.